The molecule has 2 heterocycles. The first-order valence-corrected chi connectivity index (χ1v) is 6.16. The van der Waals surface area contributed by atoms with Crippen molar-refractivity contribution in [2.45, 2.75) is 0 Å². The predicted molar refractivity (Wildman–Crippen MR) is 77.2 cm³/mol. The normalized spacial score (nSPS) is 10.3. The van der Waals surface area contributed by atoms with Gasteiger partial charge in [-0.25, -0.2) is 4.39 Å². The minimum atomic E-state index is -0.419. The van der Waals surface area contributed by atoms with E-state index >= 15 is 0 Å². The van der Waals surface area contributed by atoms with Crippen LogP contribution in [0.3, 0.4) is 0 Å². The van der Waals surface area contributed by atoms with Gasteiger partial charge in [-0.05, 0) is 24.3 Å². The molecular formula is C14H11FN6. The summed E-state index contributed by atoms with van der Waals surface area (Å²) in [6.07, 6.45) is 3.26. The lowest BCUT2D eigenvalue weighted by Gasteiger charge is -2.07. The van der Waals surface area contributed by atoms with E-state index in [1.807, 2.05) is 0 Å². The second-order valence-corrected chi connectivity index (χ2v) is 4.18. The number of nitrogen functional groups attached to an aromatic ring is 1. The fourth-order valence-electron chi connectivity index (χ4n) is 1.78. The Morgan fingerprint density at radius 2 is 1.71 bits per heavy atom. The van der Waals surface area contributed by atoms with Crippen LogP contribution in [0.5, 0.6) is 0 Å². The summed E-state index contributed by atoms with van der Waals surface area (Å²) < 4.78 is 13.8. The quantitative estimate of drug-likeness (QED) is 0.766. The molecule has 0 fully saturated rings. The molecule has 0 unspecified atom stereocenters. The maximum atomic E-state index is 13.8. The monoisotopic (exact) mass is 282 g/mol. The van der Waals surface area contributed by atoms with E-state index < -0.39 is 5.82 Å². The summed E-state index contributed by atoms with van der Waals surface area (Å²) in [5.74, 6) is 0.0156. The SMILES string of the molecule is Nc1nc(Nc2ccncc2)nc(-c2ccccc2F)n1. The van der Waals surface area contributed by atoms with E-state index in [1.165, 1.54) is 6.07 Å². The van der Waals surface area contributed by atoms with Crippen LogP contribution in [-0.2, 0) is 0 Å². The lowest BCUT2D eigenvalue weighted by Crippen LogP contribution is -2.05. The molecule has 7 heteroatoms. The van der Waals surface area contributed by atoms with Crippen LogP contribution in [0.2, 0.25) is 0 Å². The molecule has 21 heavy (non-hydrogen) atoms. The average molecular weight is 282 g/mol. The molecule has 0 amide bonds. The fourth-order valence-corrected chi connectivity index (χ4v) is 1.78. The van der Waals surface area contributed by atoms with Gasteiger partial charge in [-0.15, -0.1) is 0 Å². The summed E-state index contributed by atoms with van der Waals surface area (Å²) in [7, 11) is 0. The third-order valence-corrected chi connectivity index (χ3v) is 2.70. The summed E-state index contributed by atoms with van der Waals surface area (Å²) in [6.45, 7) is 0. The Morgan fingerprint density at radius 3 is 2.48 bits per heavy atom. The largest absolute Gasteiger partial charge is 0.368 e. The van der Waals surface area contributed by atoms with Crippen LogP contribution in [0.1, 0.15) is 0 Å². The average Bonchev–Trinajstić information content (AvgIpc) is 2.48. The maximum Gasteiger partial charge on any atom is 0.232 e. The summed E-state index contributed by atoms with van der Waals surface area (Å²) in [5.41, 5.74) is 6.68. The Hall–Kier alpha value is -3.09. The lowest BCUT2D eigenvalue weighted by atomic mass is 10.2. The van der Waals surface area contributed by atoms with Gasteiger partial charge in [0.15, 0.2) is 5.82 Å². The van der Waals surface area contributed by atoms with Gasteiger partial charge < -0.3 is 11.1 Å². The third kappa shape index (κ3) is 2.92. The van der Waals surface area contributed by atoms with Crippen LogP contribution in [0, 0.1) is 5.82 Å². The minimum absolute atomic E-state index is 0.0137. The highest BCUT2D eigenvalue weighted by Crippen LogP contribution is 2.21. The van der Waals surface area contributed by atoms with E-state index in [2.05, 4.69) is 25.3 Å². The van der Waals surface area contributed by atoms with Gasteiger partial charge in [0.1, 0.15) is 5.82 Å². The van der Waals surface area contributed by atoms with Crippen LogP contribution < -0.4 is 11.1 Å². The molecule has 0 atom stereocenters. The maximum absolute atomic E-state index is 13.8. The van der Waals surface area contributed by atoms with Gasteiger partial charge in [0, 0.05) is 18.1 Å². The number of pyridine rings is 1. The van der Waals surface area contributed by atoms with E-state index in [-0.39, 0.29) is 23.3 Å². The van der Waals surface area contributed by atoms with E-state index in [0.29, 0.717) is 0 Å². The van der Waals surface area contributed by atoms with E-state index in [1.54, 1.807) is 42.7 Å². The molecule has 0 saturated heterocycles. The zero-order chi connectivity index (χ0) is 14.7. The zero-order valence-corrected chi connectivity index (χ0v) is 10.9. The highest BCUT2D eigenvalue weighted by Gasteiger charge is 2.10. The predicted octanol–water partition coefficient (Wildman–Crippen LogP) is 2.40. The smallest absolute Gasteiger partial charge is 0.232 e. The van der Waals surface area contributed by atoms with Gasteiger partial charge in [-0.1, -0.05) is 12.1 Å². The Kier molecular flexibility index (Phi) is 3.38. The molecule has 3 N–H and O–H groups in total. The molecule has 1 aromatic carbocycles. The Balaban J connectivity index is 1.99. The summed E-state index contributed by atoms with van der Waals surface area (Å²) >= 11 is 0. The number of nitrogens with one attached hydrogen (secondary N) is 1. The van der Waals surface area contributed by atoms with Crippen molar-refractivity contribution >= 4 is 17.6 Å². The first-order valence-electron chi connectivity index (χ1n) is 6.16. The van der Waals surface area contributed by atoms with Gasteiger partial charge in [0.2, 0.25) is 11.9 Å². The van der Waals surface area contributed by atoms with Crippen molar-refractivity contribution in [2.24, 2.45) is 0 Å². The topological polar surface area (TPSA) is 89.6 Å². The number of halogens is 1. The molecule has 0 aliphatic heterocycles. The molecule has 0 spiro atoms. The van der Waals surface area contributed by atoms with Crippen molar-refractivity contribution in [2.75, 3.05) is 11.1 Å². The number of hydrogen-bond acceptors (Lipinski definition) is 6. The number of nitrogens with zero attached hydrogens (tertiary/aromatic N) is 4. The highest BCUT2D eigenvalue weighted by molar-refractivity contribution is 5.60. The highest BCUT2D eigenvalue weighted by atomic mass is 19.1. The number of anilines is 3. The molecule has 0 aliphatic rings. The second kappa shape index (κ2) is 5.49. The number of rotatable bonds is 3. The van der Waals surface area contributed by atoms with Gasteiger partial charge >= 0.3 is 0 Å². The zero-order valence-electron chi connectivity index (χ0n) is 10.9. The van der Waals surface area contributed by atoms with E-state index in [4.69, 9.17) is 5.73 Å². The van der Waals surface area contributed by atoms with E-state index in [9.17, 15) is 4.39 Å². The molecule has 6 nitrogen and oxygen atoms in total. The number of nitrogens with two attached hydrogens (primary N) is 1. The van der Waals surface area contributed by atoms with Crippen LogP contribution in [0.25, 0.3) is 11.4 Å². The molecule has 2 aromatic heterocycles. The van der Waals surface area contributed by atoms with Crippen molar-refractivity contribution in [1.82, 2.24) is 19.9 Å². The van der Waals surface area contributed by atoms with Crippen molar-refractivity contribution in [1.29, 1.82) is 0 Å². The van der Waals surface area contributed by atoms with Gasteiger partial charge in [-0.2, -0.15) is 15.0 Å². The fraction of sp³-hybridized carbons (Fsp3) is 0. The number of hydrogen-bond donors (Lipinski definition) is 2. The number of benzene rings is 1. The molecular weight excluding hydrogens is 271 g/mol. The minimum Gasteiger partial charge on any atom is -0.368 e. The van der Waals surface area contributed by atoms with E-state index in [0.717, 1.165) is 5.69 Å². The first-order chi connectivity index (χ1) is 10.2. The lowest BCUT2D eigenvalue weighted by molar-refractivity contribution is 0.630. The molecule has 0 aliphatic carbocycles. The Bertz CT molecular complexity index is 762. The summed E-state index contributed by atoms with van der Waals surface area (Å²) in [6, 6.07) is 9.73. The molecule has 104 valence electrons. The summed E-state index contributed by atoms with van der Waals surface area (Å²) in [4.78, 5) is 16.1. The first kappa shape index (κ1) is 12.9. The van der Waals surface area contributed by atoms with Crippen molar-refractivity contribution < 1.29 is 4.39 Å². The molecule has 3 rings (SSSR count). The standard InChI is InChI=1S/C14H11FN6/c15-11-4-2-1-3-10(11)12-19-13(16)21-14(20-12)18-9-5-7-17-8-6-9/h1-8H,(H3,16,17,18,19,20,21). The Labute approximate surface area is 119 Å². The van der Waals surface area contributed by atoms with Crippen LogP contribution in [0.15, 0.2) is 48.8 Å². The summed E-state index contributed by atoms with van der Waals surface area (Å²) in [5, 5.41) is 2.97. The second-order valence-electron chi connectivity index (χ2n) is 4.18. The molecule has 0 radical (unpaired) electrons. The van der Waals surface area contributed by atoms with Crippen LogP contribution >= 0.6 is 0 Å². The van der Waals surface area contributed by atoms with Gasteiger partial charge in [0.25, 0.3) is 0 Å². The molecule has 0 bridgehead atoms. The van der Waals surface area contributed by atoms with Crippen LogP contribution in [-0.4, -0.2) is 19.9 Å². The third-order valence-electron chi connectivity index (χ3n) is 2.70. The molecule has 0 saturated carbocycles. The Morgan fingerprint density at radius 1 is 0.952 bits per heavy atom. The van der Waals surface area contributed by atoms with Crippen molar-refractivity contribution in [3.63, 3.8) is 0 Å². The van der Waals surface area contributed by atoms with Crippen LogP contribution in [0.4, 0.5) is 22.0 Å². The van der Waals surface area contributed by atoms with Crippen molar-refractivity contribution in [3.05, 3.63) is 54.6 Å². The molecule has 3 aromatic rings. The number of aromatic nitrogens is 4. The van der Waals surface area contributed by atoms with Crippen molar-refractivity contribution in [3.8, 4) is 11.4 Å². The van der Waals surface area contributed by atoms with Gasteiger partial charge in [-0.3, -0.25) is 4.98 Å². The van der Waals surface area contributed by atoms with Gasteiger partial charge in [0.05, 0.1) is 5.56 Å².